The second-order valence-corrected chi connectivity index (χ2v) is 4.97. The molecule has 0 saturated carbocycles. The molecular weight excluding hydrogens is 236 g/mol. The van der Waals surface area contributed by atoms with E-state index >= 15 is 0 Å². The van der Waals surface area contributed by atoms with Crippen molar-refractivity contribution < 1.29 is 9.84 Å². The zero-order valence-electron chi connectivity index (χ0n) is 10.7. The summed E-state index contributed by atoms with van der Waals surface area (Å²) < 4.78 is 5.24. The Morgan fingerprint density at radius 1 is 1.41 bits per heavy atom. The number of ether oxygens (including phenoxy) is 1. The van der Waals surface area contributed by atoms with E-state index in [1.165, 1.54) is 0 Å². The molecule has 0 bridgehead atoms. The van der Waals surface area contributed by atoms with Crippen molar-refractivity contribution >= 4 is 11.6 Å². The number of halogens is 1. The van der Waals surface area contributed by atoms with Gasteiger partial charge >= 0.3 is 0 Å². The second kappa shape index (κ2) is 6.87. The summed E-state index contributed by atoms with van der Waals surface area (Å²) in [6.07, 6.45) is 2.55. The molecule has 0 fully saturated rings. The maximum Gasteiger partial charge on any atom is 0.126 e. The molecule has 0 radical (unpaired) electrons. The lowest BCUT2D eigenvalue weighted by Crippen LogP contribution is -2.06. The van der Waals surface area contributed by atoms with E-state index in [4.69, 9.17) is 16.3 Å². The number of methoxy groups -OCH3 is 1. The summed E-state index contributed by atoms with van der Waals surface area (Å²) in [5.74, 6) is 1.17. The molecule has 2 nitrogen and oxygen atoms in total. The third kappa shape index (κ3) is 4.21. The summed E-state index contributed by atoms with van der Waals surface area (Å²) in [6, 6.07) is 5.36. The van der Waals surface area contributed by atoms with Crippen molar-refractivity contribution in [3.63, 3.8) is 0 Å². The summed E-state index contributed by atoms with van der Waals surface area (Å²) in [7, 11) is 1.59. The minimum Gasteiger partial charge on any atom is -0.496 e. The highest BCUT2D eigenvalue weighted by Gasteiger charge is 2.16. The number of aliphatic hydroxyl groups excluding tert-OH is 1. The highest BCUT2D eigenvalue weighted by Crippen LogP contribution is 2.32. The SMILES string of the molecule is CCCC(C)CC(O)c1ccc(Cl)cc1OC. The van der Waals surface area contributed by atoms with E-state index < -0.39 is 6.10 Å². The number of aliphatic hydroxyl groups is 1. The predicted molar refractivity (Wildman–Crippen MR) is 71.7 cm³/mol. The number of hydrogen-bond acceptors (Lipinski definition) is 2. The van der Waals surface area contributed by atoms with Gasteiger partial charge in [0, 0.05) is 10.6 Å². The van der Waals surface area contributed by atoms with Crippen molar-refractivity contribution in [2.75, 3.05) is 7.11 Å². The van der Waals surface area contributed by atoms with Crippen molar-refractivity contribution in [1.82, 2.24) is 0 Å². The third-order valence-corrected chi connectivity index (χ3v) is 3.20. The van der Waals surface area contributed by atoms with E-state index in [1.807, 2.05) is 6.07 Å². The van der Waals surface area contributed by atoms with Crippen LogP contribution in [0, 0.1) is 5.92 Å². The molecule has 0 spiro atoms. The average Bonchev–Trinajstić information content (AvgIpc) is 2.28. The first kappa shape index (κ1) is 14.3. The highest BCUT2D eigenvalue weighted by molar-refractivity contribution is 6.30. The van der Waals surface area contributed by atoms with E-state index in [0.717, 1.165) is 24.8 Å². The monoisotopic (exact) mass is 256 g/mol. The molecule has 0 heterocycles. The molecule has 1 rings (SSSR count). The molecule has 96 valence electrons. The molecule has 17 heavy (non-hydrogen) atoms. The van der Waals surface area contributed by atoms with Gasteiger partial charge in [-0.05, 0) is 24.5 Å². The van der Waals surface area contributed by atoms with Crippen LogP contribution in [0.25, 0.3) is 0 Å². The Morgan fingerprint density at radius 2 is 2.12 bits per heavy atom. The lowest BCUT2D eigenvalue weighted by molar-refractivity contribution is 0.141. The van der Waals surface area contributed by atoms with E-state index in [9.17, 15) is 5.11 Å². The van der Waals surface area contributed by atoms with Crippen LogP contribution < -0.4 is 4.74 Å². The largest absolute Gasteiger partial charge is 0.496 e. The summed E-state index contributed by atoms with van der Waals surface area (Å²) in [4.78, 5) is 0. The van der Waals surface area contributed by atoms with E-state index in [-0.39, 0.29) is 0 Å². The maximum absolute atomic E-state index is 10.2. The Balaban J connectivity index is 2.77. The van der Waals surface area contributed by atoms with E-state index in [0.29, 0.717) is 16.7 Å². The van der Waals surface area contributed by atoms with Crippen LogP contribution in [-0.4, -0.2) is 12.2 Å². The molecule has 2 unspecified atom stereocenters. The smallest absolute Gasteiger partial charge is 0.126 e. The van der Waals surface area contributed by atoms with Gasteiger partial charge < -0.3 is 9.84 Å². The Kier molecular flexibility index (Phi) is 5.79. The van der Waals surface area contributed by atoms with Gasteiger partial charge in [0.05, 0.1) is 13.2 Å². The highest BCUT2D eigenvalue weighted by atomic mass is 35.5. The van der Waals surface area contributed by atoms with Crippen molar-refractivity contribution in [2.24, 2.45) is 5.92 Å². The topological polar surface area (TPSA) is 29.5 Å². The predicted octanol–water partition coefficient (Wildman–Crippen LogP) is 4.21. The molecule has 0 saturated heterocycles. The van der Waals surface area contributed by atoms with Crippen molar-refractivity contribution in [3.8, 4) is 5.75 Å². The second-order valence-electron chi connectivity index (χ2n) is 4.53. The molecule has 1 N–H and O–H groups in total. The fraction of sp³-hybridized carbons (Fsp3) is 0.571. The fourth-order valence-corrected chi connectivity index (χ4v) is 2.24. The first-order valence-electron chi connectivity index (χ1n) is 6.10. The van der Waals surface area contributed by atoms with Gasteiger partial charge in [0.1, 0.15) is 5.75 Å². The zero-order valence-corrected chi connectivity index (χ0v) is 11.5. The van der Waals surface area contributed by atoms with Crippen LogP contribution in [0.3, 0.4) is 0 Å². The van der Waals surface area contributed by atoms with E-state index in [2.05, 4.69) is 13.8 Å². The summed E-state index contributed by atoms with van der Waals surface area (Å²) in [5, 5.41) is 10.8. The lowest BCUT2D eigenvalue weighted by Gasteiger charge is -2.18. The molecular formula is C14H21ClO2. The standard InChI is InChI=1S/C14H21ClO2/c1-4-5-10(2)8-13(16)12-7-6-11(15)9-14(12)17-3/h6-7,9-10,13,16H,4-5,8H2,1-3H3. The molecule has 1 aromatic carbocycles. The van der Waals surface area contributed by atoms with Gasteiger partial charge in [-0.25, -0.2) is 0 Å². The van der Waals surface area contributed by atoms with Crippen LogP contribution in [0.1, 0.15) is 44.8 Å². The molecule has 0 aliphatic rings. The molecule has 0 aromatic heterocycles. The third-order valence-electron chi connectivity index (χ3n) is 2.96. The minimum atomic E-state index is -0.483. The minimum absolute atomic E-state index is 0.483. The Hall–Kier alpha value is -0.730. The van der Waals surface area contributed by atoms with Crippen LogP contribution in [0.5, 0.6) is 5.75 Å². The van der Waals surface area contributed by atoms with Gasteiger partial charge in [-0.3, -0.25) is 0 Å². The van der Waals surface area contributed by atoms with Gasteiger partial charge in [0.2, 0.25) is 0 Å². The number of rotatable bonds is 6. The Bertz CT molecular complexity index is 352. The number of benzene rings is 1. The van der Waals surface area contributed by atoms with Crippen LogP contribution >= 0.6 is 11.6 Å². The lowest BCUT2D eigenvalue weighted by atomic mass is 9.94. The molecule has 2 atom stereocenters. The van der Waals surface area contributed by atoms with Gasteiger partial charge in [-0.15, -0.1) is 0 Å². The van der Waals surface area contributed by atoms with Gasteiger partial charge in [0.25, 0.3) is 0 Å². The van der Waals surface area contributed by atoms with Crippen LogP contribution in [-0.2, 0) is 0 Å². The molecule has 1 aromatic rings. The average molecular weight is 257 g/mol. The number of hydrogen-bond donors (Lipinski definition) is 1. The van der Waals surface area contributed by atoms with Gasteiger partial charge in [-0.1, -0.05) is 44.4 Å². The summed E-state index contributed by atoms with van der Waals surface area (Å²) >= 11 is 5.89. The first-order chi connectivity index (χ1) is 8.08. The maximum atomic E-state index is 10.2. The van der Waals surface area contributed by atoms with Gasteiger partial charge in [-0.2, -0.15) is 0 Å². The fourth-order valence-electron chi connectivity index (χ4n) is 2.08. The van der Waals surface area contributed by atoms with Crippen LogP contribution in [0.2, 0.25) is 5.02 Å². The first-order valence-corrected chi connectivity index (χ1v) is 6.47. The Morgan fingerprint density at radius 3 is 2.71 bits per heavy atom. The summed E-state index contributed by atoms with van der Waals surface area (Å²) in [6.45, 7) is 4.32. The normalized spacial score (nSPS) is 14.4. The van der Waals surface area contributed by atoms with Crippen LogP contribution in [0.15, 0.2) is 18.2 Å². The van der Waals surface area contributed by atoms with Crippen molar-refractivity contribution in [1.29, 1.82) is 0 Å². The van der Waals surface area contributed by atoms with E-state index in [1.54, 1.807) is 19.2 Å². The van der Waals surface area contributed by atoms with Crippen LogP contribution in [0.4, 0.5) is 0 Å². The molecule has 0 aliphatic heterocycles. The van der Waals surface area contributed by atoms with Crippen molar-refractivity contribution in [2.45, 2.75) is 39.2 Å². The Labute approximate surface area is 109 Å². The quantitative estimate of drug-likeness (QED) is 0.826. The molecule has 0 amide bonds. The summed E-state index contributed by atoms with van der Waals surface area (Å²) in [5.41, 5.74) is 0.819. The van der Waals surface area contributed by atoms with Gasteiger partial charge in [0.15, 0.2) is 0 Å². The van der Waals surface area contributed by atoms with Crippen molar-refractivity contribution in [3.05, 3.63) is 28.8 Å². The zero-order chi connectivity index (χ0) is 12.8. The molecule has 0 aliphatic carbocycles. The molecule has 3 heteroatoms.